The summed E-state index contributed by atoms with van der Waals surface area (Å²) in [6, 6.07) is 17.1. The van der Waals surface area contributed by atoms with Crippen molar-refractivity contribution >= 4 is 23.0 Å². The van der Waals surface area contributed by atoms with Crippen LogP contribution in [-0.4, -0.2) is 18.1 Å². The number of fused-ring (bicyclic) bond motifs is 1. The van der Waals surface area contributed by atoms with Crippen LogP contribution >= 0.6 is 0 Å². The molecular formula is C18H15NO2. The molecule has 0 saturated heterocycles. The number of rotatable bonds is 3. The van der Waals surface area contributed by atoms with Gasteiger partial charge in [-0.3, -0.25) is 9.59 Å². The Hall–Kier alpha value is -2.68. The van der Waals surface area contributed by atoms with Gasteiger partial charge in [0, 0.05) is 29.4 Å². The summed E-state index contributed by atoms with van der Waals surface area (Å²) in [6.45, 7) is 2.74. The van der Waals surface area contributed by atoms with Gasteiger partial charge < -0.3 is 4.90 Å². The minimum atomic E-state index is -0.460. The van der Waals surface area contributed by atoms with Gasteiger partial charge in [-0.25, -0.2) is 0 Å². The standard InChI is InChI=1S/C18H15NO2/c1-2-19(13-8-4-3-5-9-13)16-12-17(20)18(21)15-11-7-6-10-14(15)16/h3-12H,2H2,1H3. The molecule has 3 nitrogen and oxygen atoms in total. The lowest BCUT2D eigenvalue weighted by atomic mass is 9.92. The summed E-state index contributed by atoms with van der Waals surface area (Å²) in [6.07, 6.45) is 1.45. The van der Waals surface area contributed by atoms with Crippen LogP contribution in [-0.2, 0) is 4.79 Å². The summed E-state index contributed by atoms with van der Waals surface area (Å²) < 4.78 is 0. The zero-order valence-corrected chi connectivity index (χ0v) is 11.7. The highest BCUT2D eigenvalue weighted by Crippen LogP contribution is 2.31. The predicted molar refractivity (Wildman–Crippen MR) is 83.2 cm³/mol. The molecule has 2 aromatic carbocycles. The molecule has 0 atom stereocenters. The van der Waals surface area contributed by atoms with E-state index >= 15 is 0 Å². The van der Waals surface area contributed by atoms with Crippen LogP contribution in [0.3, 0.4) is 0 Å². The third-order valence-electron chi connectivity index (χ3n) is 3.61. The minimum Gasteiger partial charge on any atom is -0.341 e. The first-order chi connectivity index (χ1) is 10.2. The second-order valence-electron chi connectivity index (χ2n) is 4.85. The van der Waals surface area contributed by atoms with Crippen LogP contribution in [0.5, 0.6) is 0 Å². The van der Waals surface area contributed by atoms with Crippen molar-refractivity contribution in [1.82, 2.24) is 0 Å². The lowest BCUT2D eigenvalue weighted by molar-refractivity contribution is -0.111. The summed E-state index contributed by atoms with van der Waals surface area (Å²) in [7, 11) is 0. The normalized spacial score (nSPS) is 13.7. The van der Waals surface area contributed by atoms with Crippen molar-refractivity contribution in [3.05, 3.63) is 71.8 Å². The molecule has 1 aliphatic rings. The Morgan fingerprint density at radius 2 is 1.48 bits per heavy atom. The Morgan fingerprint density at radius 1 is 0.857 bits per heavy atom. The van der Waals surface area contributed by atoms with Gasteiger partial charge in [-0.15, -0.1) is 0 Å². The molecule has 3 rings (SSSR count). The second kappa shape index (κ2) is 5.37. The number of carbonyl (C=O) groups is 2. The van der Waals surface area contributed by atoms with Gasteiger partial charge >= 0.3 is 0 Å². The molecule has 0 saturated carbocycles. The first-order valence-corrected chi connectivity index (χ1v) is 6.94. The Labute approximate surface area is 123 Å². The third-order valence-corrected chi connectivity index (χ3v) is 3.61. The predicted octanol–water partition coefficient (Wildman–Crippen LogP) is 3.32. The van der Waals surface area contributed by atoms with Gasteiger partial charge in [-0.1, -0.05) is 42.5 Å². The largest absolute Gasteiger partial charge is 0.341 e. The van der Waals surface area contributed by atoms with Gasteiger partial charge in [0.2, 0.25) is 11.6 Å². The number of carbonyl (C=O) groups excluding carboxylic acids is 2. The Morgan fingerprint density at radius 3 is 2.14 bits per heavy atom. The number of nitrogens with zero attached hydrogens (tertiary/aromatic N) is 1. The highest BCUT2D eigenvalue weighted by Gasteiger charge is 2.28. The summed E-state index contributed by atoms with van der Waals surface area (Å²) in [5.74, 6) is -0.892. The molecule has 2 aromatic rings. The average molecular weight is 277 g/mol. The van der Waals surface area contributed by atoms with E-state index in [1.807, 2.05) is 54.3 Å². The smallest absolute Gasteiger partial charge is 0.233 e. The number of Topliss-reactive ketones (excluding diaryl/α,β-unsaturated/α-hetero) is 1. The van der Waals surface area contributed by atoms with E-state index < -0.39 is 11.6 Å². The van der Waals surface area contributed by atoms with Crippen molar-refractivity contribution in [2.75, 3.05) is 11.4 Å². The van der Waals surface area contributed by atoms with Crippen LogP contribution in [0.25, 0.3) is 5.70 Å². The molecule has 0 radical (unpaired) electrons. The van der Waals surface area contributed by atoms with Crippen molar-refractivity contribution in [3.63, 3.8) is 0 Å². The first kappa shape index (κ1) is 13.3. The van der Waals surface area contributed by atoms with Gasteiger partial charge in [-0.05, 0) is 19.1 Å². The quantitative estimate of drug-likeness (QED) is 0.808. The zero-order valence-electron chi connectivity index (χ0n) is 11.7. The summed E-state index contributed by atoms with van der Waals surface area (Å²) >= 11 is 0. The fourth-order valence-electron chi connectivity index (χ4n) is 2.63. The highest BCUT2D eigenvalue weighted by molar-refractivity contribution is 6.50. The molecule has 0 aromatic heterocycles. The number of allylic oxidation sites excluding steroid dienone is 1. The molecule has 0 bridgehead atoms. The van der Waals surface area contributed by atoms with E-state index in [0.29, 0.717) is 12.1 Å². The van der Waals surface area contributed by atoms with Crippen LogP contribution in [0.15, 0.2) is 60.7 Å². The molecule has 104 valence electrons. The maximum absolute atomic E-state index is 12.0. The van der Waals surface area contributed by atoms with Crippen LogP contribution in [0.1, 0.15) is 22.8 Å². The zero-order chi connectivity index (χ0) is 14.8. The van der Waals surface area contributed by atoms with Crippen molar-refractivity contribution in [1.29, 1.82) is 0 Å². The first-order valence-electron chi connectivity index (χ1n) is 6.94. The van der Waals surface area contributed by atoms with E-state index in [9.17, 15) is 9.59 Å². The van der Waals surface area contributed by atoms with Crippen LogP contribution in [0, 0.1) is 0 Å². The molecule has 1 aliphatic carbocycles. The molecule has 0 unspecified atom stereocenters. The van der Waals surface area contributed by atoms with Crippen molar-refractivity contribution in [2.24, 2.45) is 0 Å². The second-order valence-corrected chi connectivity index (χ2v) is 4.85. The summed E-state index contributed by atoms with van der Waals surface area (Å²) in [4.78, 5) is 26.0. The van der Waals surface area contributed by atoms with Crippen LogP contribution in [0.2, 0.25) is 0 Å². The fraction of sp³-hybridized carbons (Fsp3) is 0.111. The molecule has 0 spiro atoms. The molecule has 0 N–H and O–H groups in total. The van der Waals surface area contributed by atoms with Gasteiger partial charge in [-0.2, -0.15) is 0 Å². The molecule has 0 fully saturated rings. The maximum atomic E-state index is 12.0. The minimum absolute atomic E-state index is 0.432. The third kappa shape index (κ3) is 2.27. The van der Waals surface area contributed by atoms with E-state index in [0.717, 1.165) is 16.9 Å². The molecule has 0 aliphatic heterocycles. The van der Waals surface area contributed by atoms with E-state index in [1.54, 1.807) is 12.1 Å². The maximum Gasteiger partial charge on any atom is 0.233 e. The lowest BCUT2D eigenvalue weighted by Crippen LogP contribution is -2.28. The fourth-order valence-corrected chi connectivity index (χ4v) is 2.63. The van der Waals surface area contributed by atoms with E-state index in [2.05, 4.69) is 0 Å². The van der Waals surface area contributed by atoms with Gasteiger partial charge in [0.15, 0.2) is 0 Å². The molecule has 3 heteroatoms. The average Bonchev–Trinajstić information content (AvgIpc) is 2.54. The molecular weight excluding hydrogens is 262 g/mol. The van der Waals surface area contributed by atoms with Crippen molar-refractivity contribution in [2.45, 2.75) is 6.92 Å². The number of anilines is 1. The van der Waals surface area contributed by atoms with Crippen molar-refractivity contribution in [3.8, 4) is 0 Å². The van der Waals surface area contributed by atoms with Crippen LogP contribution in [0.4, 0.5) is 5.69 Å². The van der Waals surface area contributed by atoms with Gasteiger partial charge in [0.1, 0.15) is 0 Å². The number of hydrogen-bond donors (Lipinski definition) is 0. The molecule has 0 heterocycles. The van der Waals surface area contributed by atoms with E-state index in [4.69, 9.17) is 0 Å². The molecule has 0 amide bonds. The Balaban J connectivity index is 2.15. The van der Waals surface area contributed by atoms with E-state index in [1.165, 1.54) is 6.08 Å². The topological polar surface area (TPSA) is 37.4 Å². The Bertz CT molecular complexity index is 732. The number of hydrogen-bond acceptors (Lipinski definition) is 3. The number of benzene rings is 2. The summed E-state index contributed by atoms with van der Waals surface area (Å²) in [5.41, 5.74) is 3.08. The number of ketones is 2. The van der Waals surface area contributed by atoms with E-state index in [-0.39, 0.29) is 0 Å². The van der Waals surface area contributed by atoms with Gasteiger partial charge in [0.25, 0.3) is 0 Å². The molecule has 21 heavy (non-hydrogen) atoms. The SMILES string of the molecule is CCN(C1=CC(=O)C(=O)c2ccccc21)c1ccccc1. The monoisotopic (exact) mass is 277 g/mol. The highest BCUT2D eigenvalue weighted by atomic mass is 16.2. The van der Waals surface area contributed by atoms with Gasteiger partial charge in [0.05, 0.1) is 5.70 Å². The summed E-state index contributed by atoms with van der Waals surface area (Å²) in [5, 5.41) is 0. The van der Waals surface area contributed by atoms with Crippen molar-refractivity contribution < 1.29 is 9.59 Å². The number of para-hydroxylation sites is 1. The van der Waals surface area contributed by atoms with Crippen LogP contribution < -0.4 is 4.90 Å². The Kier molecular flexibility index (Phi) is 3.40. The lowest BCUT2D eigenvalue weighted by Gasteiger charge is -2.29.